The molecule has 0 saturated heterocycles. The molecule has 0 aliphatic carbocycles. The van der Waals surface area contributed by atoms with Gasteiger partial charge in [-0.05, 0) is 12.1 Å². The van der Waals surface area contributed by atoms with Crippen LogP contribution in [0.25, 0.3) is 11.3 Å². The number of fused-ring (bicyclic) bond motifs is 3. The van der Waals surface area contributed by atoms with Gasteiger partial charge in [0, 0.05) is 24.0 Å². The van der Waals surface area contributed by atoms with Crippen molar-refractivity contribution in [3.05, 3.63) is 58.3 Å². The van der Waals surface area contributed by atoms with E-state index in [0.29, 0.717) is 22.6 Å². The molecule has 29 heavy (non-hydrogen) atoms. The largest absolute Gasteiger partial charge is 0.350 e. The van der Waals surface area contributed by atoms with Gasteiger partial charge in [-0.25, -0.2) is 19.3 Å². The van der Waals surface area contributed by atoms with Crippen molar-refractivity contribution in [1.29, 1.82) is 0 Å². The SMILES string of the molecule is Fc1cnc(Nc2nc3c(s2)CCN(Cc2ccc(Cl)cn2)c2[nH]ncc2-3)nc1. The molecule has 0 fully saturated rings. The van der Waals surface area contributed by atoms with Crippen LogP contribution in [0, 0.1) is 5.82 Å². The summed E-state index contributed by atoms with van der Waals surface area (Å²) in [6, 6.07) is 3.76. The highest BCUT2D eigenvalue weighted by atomic mass is 35.5. The van der Waals surface area contributed by atoms with Crippen molar-refractivity contribution >= 4 is 39.8 Å². The fraction of sp³-hybridized carbons (Fsp3) is 0.167. The molecule has 1 aliphatic rings. The van der Waals surface area contributed by atoms with E-state index in [-0.39, 0.29) is 0 Å². The van der Waals surface area contributed by atoms with E-state index >= 15 is 0 Å². The highest BCUT2D eigenvalue weighted by Gasteiger charge is 2.25. The standard InChI is InChI=1S/C18H14ClFN8S/c19-10-1-2-12(21-5-10)9-28-4-3-14-15(13-8-24-27-16(13)28)25-18(29-14)26-17-22-6-11(20)7-23-17/h1-2,5-8H,3-4,9H2,(H,24,27)(H,22,23,25,26). The zero-order valence-corrected chi connectivity index (χ0v) is 16.5. The maximum Gasteiger partial charge on any atom is 0.229 e. The average molecular weight is 429 g/mol. The minimum absolute atomic E-state index is 0.304. The van der Waals surface area contributed by atoms with Crippen molar-refractivity contribution in [3.8, 4) is 11.3 Å². The lowest BCUT2D eigenvalue weighted by atomic mass is 10.2. The van der Waals surface area contributed by atoms with Crippen molar-refractivity contribution in [2.75, 3.05) is 16.8 Å². The highest BCUT2D eigenvalue weighted by molar-refractivity contribution is 7.16. The molecule has 0 spiro atoms. The van der Waals surface area contributed by atoms with E-state index in [1.54, 1.807) is 12.4 Å². The first-order valence-electron chi connectivity index (χ1n) is 8.79. The molecule has 4 aromatic rings. The molecule has 0 bridgehead atoms. The summed E-state index contributed by atoms with van der Waals surface area (Å²) in [5.74, 6) is 0.720. The normalized spacial score (nSPS) is 13.0. The summed E-state index contributed by atoms with van der Waals surface area (Å²) < 4.78 is 13.0. The molecule has 0 unspecified atom stereocenters. The molecule has 0 amide bonds. The fourth-order valence-electron chi connectivity index (χ4n) is 3.15. The summed E-state index contributed by atoms with van der Waals surface area (Å²) in [6.07, 6.45) is 6.47. The van der Waals surface area contributed by atoms with Crippen LogP contribution >= 0.6 is 22.9 Å². The van der Waals surface area contributed by atoms with Gasteiger partial charge in [0.25, 0.3) is 0 Å². The quantitative estimate of drug-likeness (QED) is 0.510. The zero-order chi connectivity index (χ0) is 19.8. The zero-order valence-electron chi connectivity index (χ0n) is 14.9. The molecule has 0 atom stereocenters. The smallest absolute Gasteiger partial charge is 0.229 e. The number of anilines is 3. The van der Waals surface area contributed by atoms with Gasteiger partial charge in [0.15, 0.2) is 10.9 Å². The van der Waals surface area contributed by atoms with E-state index < -0.39 is 5.82 Å². The Hall–Kier alpha value is -3.11. The number of thiazole rings is 1. The lowest BCUT2D eigenvalue weighted by molar-refractivity contribution is 0.614. The van der Waals surface area contributed by atoms with Gasteiger partial charge in [-0.2, -0.15) is 5.10 Å². The second kappa shape index (κ2) is 7.37. The third-order valence-electron chi connectivity index (χ3n) is 4.48. The third kappa shape index (κ3) is 3.64. The Morgan fingerprint density at radius 2 is 2.03 bits per heavy atom. The number of nitrogens with zero attached hydrogens (tertiary/aromatic N) is 6. The van der Waals surface area contributed by atoms with Crippen LogP contribution in [0.15, 0.2) is 36.9 Å². The van der Waals surface area contributed by atoms with Crippen molar-refractivity contribution in [2.24, 2.45) is 0 Å². The molecule has 5 rings (SSSR count). The van der Waals surface area contributed by atoms with Crippen LogP contribution in [0.2, 0.25) is 5.02 Å². The Kier molecular flexibility index (Phi) is 4.57. The second-order valence-electron chi connectivity index (χ2n) is 6.41. The number of aromatic nitrogens is 6. The Bertz CT molecular complexity index is 1140. The predicted octanol–water partition coefficient (Wildman–Crippen LogP) is 3.82. The van der Waals surface area contributed by atoms with Gasteiger partial charge in [0.05, 0.1) is 47.1 Å². The van der Waals surface area contributed by atoms with Crippen LogP contribution < -0.4 is 10.2 Å². The van der Waals surface area contributed by atoms with E-state index in [0.717, 1.165) is 53.0 Å². The number of hydrogen-bond acceptors (Lipinski definition) is 8. The van der Waals surface area contributed by atoms with Crippen LogP contribution in [0.3, 0.4) is 0 Å². The number of H-pyrrole nitrogens is 1. The molecular weight excluding hydrogens is 415 g/mol. The van der Waals surface area contributed by atoms with Crippen molar-refractivity contribution in [2.45, 2.75) is 13.0 Å². The number of aromatic amines is 1. The Morgan fingerprint density at radius 3 is 2.83 bits per heavy atom. The van der Waals surface area contributed by atoms with Crippen molar-refractivity contribution in [1.82, 2.24) is 30.1 Å². The fourth-order valence-corrected chi connectivity index (χ4v) is 4.22. The summed E-state index contributed by atoms with van der Waals surface area (Å²) in [7, 11) is 0. The molecule has 5 heterocycles. The molecule has 11 heteroatoms. The van der Waals surface area contributed by atoms with Gasteiger partial charge in [-0.1, -0.05) is 11.6 Å². The summed E-state index contributed by atoms with van der Waals surface area (Å²) in [5.41, 5.74) is 2.72. The maximum absolute atomic E-state index is 13.0. The predicted molar refractivity (Wildman–Crippen MR) is 109 cm³/mol. The molecule has 4 aromatic heterocycles. The van der Waals surface area contributed by atoms with Crippen LogP contribution in [-0.2, 0) is 13.0 Å². The second-order valence-corrected chi connectivity index (χ2v) is 7.93. The average Bonchev–Trinajstić information content (AvgIpc) is 3.33. The van der Waals surface area contributed by atoms with Gasteiger partial charge < -0.3 is 10.2 Å². The Balaban J connectivity index is 1.42. The lowest BCUT2D eigenvalue weighted by Crippen LogP contribution is -2.25. The van der Waals surface area contributed by atoms with Crippen LogP contribution in [0.1, 0.15) is 10.6 Å². The molecular formula is C18H14ClFN8S. The number of rotatable bonds is 4. The number of nitrogens with one attached hydrogen (secondary N) is 2. The highest BCUT2D eigenvalue weighted by Crippen LogP contribution is 2.39. The van der Waals surface area contributed by atoms with E-state index in [1.807, 2.05) is 12.1 Å². The van der Waals surface area contributed by atoms with Crippen LogP contribution in [0.4, 0.5) is 21.3 Å². The molecule has 0 radical (unpaired) electrons. The number of pyridine rings is 1. The minimum Gasteiger partial charge on any atom is -0.350 e. The number of halogens is 2. The van der Waals surface area contributed by atoms with Gasteiger partial charge in [-0.15, -0.1) is 11.3 Å². The van der Waals surface area contributed by atoms with E-state index in [2.05, 4.69) is 35.4 Å². The first kappa shape index (κ1) is 18.0. The van der Waals surface area contributed by atoms with Crippen molar-refractivity contribution < 1.29 is 4.39 Å². The summed E-state index contributed by atoms with van der Waals surface area (Å²) in [4.78, 5) is 20.3. The van der Waals surface area contributed by atoms with Gasteiger partial charge in [-0.3, -0.25) is 10.1 Å². The molecule has 8 nitrogen and oxygen atoms in total. The minimum atomic E-state index is -0.483. The first-order valence-corrected chi connectivity index (χ1v) is 9.98. The third-order valence-corrected chi connectivity index (χ3v) is 5.73. The van der Waals surface area contributed by atoms with Gasteiger partial charge >= 0.3 is 0 Å². The Morgan fingerprint density at radius 1 is 1.17 bits per heavy atom. The van der Waals surface area contributed by atoms with Crippen molar-refractivity contribution in [3.63, 3.8) is 0 Å². The Labute approximate surface area is 173 Å². The van der Waals surface area contributed by atoms with E-state index in [1.165, 1.54) is 11.3 Å². The monoisotopic (exact) mass is 428 g/mol. The molecule has 1 aliphatic heterocycles. The summed E-state index contributed by atoms with van der Waals surface area (Å²) in [5, 5.41) is 11.6. The summed E-state index contributed by atoms with van der Waals surface area (Å²) >= 11 is 7.47. The van der Waals surface area contributed by atoms with Crippen LogP contribution in [-0.4, -0.2) is 36.7 Å². The van der Waals surface area contributed by atoms with Crippen LogP contribution in [0.5, 0.6) is 0 Å². The van der Waals surface area contributed by atoms with E-state index in [4.69, 9.17) is 16.6 Å². The molecule has 0 aromatic carbocycles. The molecule has 0 saturated carbocycles. The van der Waals surface area contributed by atoms with Gasteiger partial charge in [0.1, 0.15) is 5.82 Å². The topological polar surface area (TPSA) is 95.5 Å². The van der Waals surface area contributed by atoms with Gasteiger partial charge in [0.2, 0.25) is 5.95 Å². The first-order chi connectivity index (χ1) is 14.2. The lowest BCUT2D eigenvalue weighted by Gasteiger charge is -2.21. The number of hydrogen-bond donors (Lipinski definition) is 2. The summed E-state index contributed by atoms with van der Waals surface area (Å²) in [6.45, 7) is 1.41. The maximum atomic E-state index is 13.0. The van der Waals surface area contributed by atoms with E-state index in [9.17, 15) is 4.39 Å². The molecule has 2 N–H and O–H groups in total. The molecule has 146 valence electrons.